The van der Waals surface area contributed by atoms with Gasteiger partial charge in [-0.25, -0.2) is 0 Å². The van der Waals surface area contributed by atoms with E-state index < -0.39 is 0 Å². The minimum atomic E-state index is -0.120. The number of hydrogen-bond acceptors (Lipinski definition) is 3. The van der Waals surface area contributed by atoms with Crippen molar-refractivity contribution in [3.8, 4) is 0 Å². The van der Waals surface area contributed by atoms with Crippen molar-refractivity contribution in [2.75, 3.05) is 6.54 Å². The third-order valence-electron chi connectivity index (χ3n) is 3.72. The predicted molar refractivity (Wildman–Crippen MR) is 77.1 cm³/mol. The van der Waals surface area contributed by atoms with Crippen molar-refractivity contribution in [1.29, 1.82) is 0 Å². The Bertz CT molecular complexity index is 382. The summed E-state index contributed by atoms with van der Waals surface area (Å²) in [6.45, 7) is 2.26. The molecule has 1 aliphatic carbocycles. The van der Waals surface area contributed by atoms with E-state index in [1.54, 1.807) is 6.20 Å². The van der Waals surface area contributed by atoms with Crippen LogP contribution in [-0.4, -0.2) is 28.3 Å². The minimum Gasteiger partial charge on any atom is -0.351 e. The van der Waals surface area contributed by atoms with Crippen LogP contribution in [0.4, 0.5) is 0 Å². The molecule has 2 rings (SSSR count). The van der Waals surface area contributed by atoms with E-state index in [0.717, 1.165) is 12.8 Å². The molecule has 0 saturated heterocycles. The van der Waals surface area contributed by atoms with Gasteiger partial charge in [0.1, 0.15) is 0 Å². The van der Waals surface area contributed by atoms with Crippen molar-refractivity contribution in [2.45, 2.75) is 44.7 Å². The Morgan fingerprint density at radius 3 is 2.89 bits per heavy atom. The topological polar surface area (TPSA) is 72.9 Å². The van der Waals surface area contributed by atoms with E-state index in [9.17, 15) is 4.79 Å². The Balaban J connectivity index is 0.00000180. The fourth-order valence-corrected chi connectivity index (χ4v) is 2.51. The summed E-state index contributed by atoms with van der Waals surface area (Å²) < 4.78 is 1.97. The lowest BCUT2D eigenvalue weighted by atomic mass is 9.90. The van der Waals surface area contributed by atoms with Crippen molar-refractivity contribution >= 4 is 18.3 Å². The van der Waals surface area contributed by atoms with Gasteiger partial charge in [0.15, 0.2) is 0 Å². The molecule has 1 aromatic heterocycles. The second kappa shape index (κ2) is 7.50. The Morgan fingerprint density at radius 2 is 2.26 bits per heavy atom. The number of carbonyl (C=O) groups excluding carboxylic acids is 1. The lowest BCUT2D eigenvalue weighted by Crippen LogP contribution is -2.46. The summed E-state index contributed by atoms with van der Waals surface area (Å²) in [5.41, 5.74) is 5.53. The molecule has 1 aromatic rings. The van der Waals surface area contributed by atoms with Gasteiger partial charge in [0.25, 0.3) is 0 Å². The molecular formula is C13H23ClN4O. The third-order valence-corrected chi connectivity index (χ3v) is 3.72. The maximum absolute atomic E-state index is 11.9. The standard InChI is InChI=1S/C13H22N4O.ClH/c1-10(9-14)13(18)16-11-5-2-3-6-12(11)17-8-4-7-15-17;/h4,7-8,10-12H,2-3,5-6,9,14H2,1H3,(H,16,18);1H. The summed E-state index contributed by atoms with van der Waals surface area (Å²) >= 11 is 0. The van der Waals surface area contributed by atoms with E-state index in [4.69, 9.17) is 5.73 Å². The quantitative estimate of drug-likeness (QED) is 0.881. The second-order valence-corrected chi connectivity index (χ2v) is 5.09. The highest BCUT2D eigenvalue weighted by atomic mass is 35.5. The van der Waals surface area contributed by atoms with Gasteiger partial charge < -0.3 is 11.1 Å². The largest absolute Gasteiger partial charge is 0.351 e. The number of carbonyl (C=O) groups is 1. The molecule has 5 nitrogen and oxygen atoms in total. The molecule has 0 aliphatic heterocycles. The molecule has 3 atom stereocenters. The van der Waals surface area contributed by atoms with Gasteiger partial charge >= 0.3 is 0 Å². The highest BCUT2D eigenvalue weighted by Gasteiger charge is 2.28. The first-order valence-electron chi connectivity index (χ1n) is 6.72. The van der Waals surface area contributed by atoms with Crippen LogP contribution in [0.15, 0.2) is 18.5 Å². The molecule has 1 saturated carbocycles. The Labute approximate surface area is 120 Å². The summed E-state index contributed by atoms with van der Waals surface area (Å²) in [6.07, 6.45) is 8.22. The Kier molecular flexibility index (Phi) is 6.31. The van der Waals surface area contributed by atoms with Crippen LogP contribution in [0, 0.1) is 5.92 Å². The van der Waals surface area contributed by atoms with E-state index >= 15 is 0 Å². The molecule has 19 heavy (non-hydrogen) atoms. The van der Waals surface area contributed by atoms with Crippen LogP contribution in [0.5, 0.6) is 0 Å². The van der Waals surface area contributed by atoms with Gasteiger partial charge in [-0.05, 0) is 18.9 Å². The van der Waals surface area contributed by atoms with E-state index in [1.165, 1.54) is 12.8 Å². The highest BCUT2D eigenvalue weighted by Crippen LogP contribution is 2.28. The fourth-order valence-electron chi connectivity index (χ4n) is 2.51. The normalized spacial score (nSPS) is 24.3. The van der Waals surface area contributed by atoms with Crippen LogP contribution in [-0.2, 0) is 4.79 Å². The maximum atomic E-state index is 11.9. The predicted octanol–water partition coefficient (Wildman–Crippen LogP) is 1.50. The van der Waals surface area contributed by atoms with Crippen LogP contribution < -0.4 is 11.1 Å². The van der Waals surface area contributed by atoms with Gasteiger partial charge in [0.2, 0.25) is 5.91 Å². The van der Waals surface area contributed by atoms with Crippen LogP contribution >= 0.6 is 12.4 Å². The van der Waals surface area contributed by atoms with E-state index in [2.05, 4.69) is 10.4 Å². The maximum Gasteiger partial charge on any atom is 0.224 e. The Morgan fingerprint density at radius 1 is 1.53 bits per heavy atom. The number of hydrogen-bond donors (Lipinski definition) is 2. The molecule has 0 aromatic carbocycles. The second-order valence-electron chi connectivity index (χ2n) is 5.09. The molecule has 6 heteroatoms. The first kappa shape index (κ1) is 16.0. The summed E-state index contributed by atoms with van der Waals surface area (Å²) in [5, 5.41) is 7.43. The SMILES string of the molecule is CC(CN)C(=O)NC1CCCCC1n1cccn1.Cl. The summed E-state index contributed by atoms with van der Waals surface area (Å²) in [4.78, 5) is 11.9. The zero-order valence-corrected chi connectivity index (χ0v) is 12.1. The first-order chi connectivity index (χ1) is 8.72. The molecule has 0 radical (unpaired) electrons. The van der Waals surface area contributed by atoms with Crippen molar-refractivity contribution < 1.29 is 4.79 Å². The van der Waals surface area contributed by atoms with Crippen molar-refractivity contribution in [3.05, 3.63) is 18.5 Å². The first-order valence-corrected chi connectivity index (χ1v) is 6.72. The highest BCUT2D eigenvalue weighted by molar-refractivity contribution is 5.85. The van der Waals surface area contributed by atoms with Crippen molar-refractivity contribution in [3.63, 3.8) is 0 Å². The fraction of sp³-hybridized carbons (Fsp3) is 0.692. The number of amides is 1. The zero-order chi connectivity index (χ0) is 13.0. The average Bonchev–Trinajstić information content (AvgIpc) is 2.92. The molecule has 1 aliphatic rings. The van der Waals surface area contributed by atoms with Gasteiger partial charge in [0.05, 0.1) is 12.1 Å². The molecule has 1 heterocycles. The van der Waals surface area contributed by atoms with Gasteiger partial charge in [-0.15, -0.1) is 12.4 Å². The number of nitrogens with one attached hydrogen (secondary N) is 1. The van der Waals surface area contributed by atoms with Crippen LogP contribution in [0.25, 0.3) is 0 Å². The zero-order valence-electron chi connectivity index (χ0n) is 11.3. The molecular weight excluding hydrogens is 264 g/mol. The number of nitrogens with zero attached hydrogens (tertiary/aromatic N) is 2. The van der Waals surface area contributed by atoms with Crippen molar-refractivity contribution in [2.24, 2.45) is 11.7 Å². The number of halogens is 1. The monoisotopic (exact) mass is 286 g/mol. The van der Waals surface area contributed by atoms with Gasteiger partial charge in [-0.3, -0.25) is 9.48 Å². The summed E-state index contributed by atoms with van der Waals surface area (Å²) in [6, 6.07) is 2.39. The van der Waals surface area contributed by atoms with E-state index in [1.807, 2.05) is 23.9 Å². The molecule has 3 N–H and O–H groups in total. The van der Waals surface area contributed by atoms with Crippen molar-refractivity contribution in [1.82, 2.24) is 15.1 Å². The molecule has 0 spiro atoms. The van der Waals surface area contributed by atoms with Gasteiger partial charge in [-0.2, -0.15) is 5.10 Å². The average molecular weight is 287 g/mol. The van der Waals surface area contributed by atoms with Crippen LogP contribution in [0.2, 0.25) is 0 Å². The minimum absolute atomic E-state index is 0. The lowest BCUT2D eigenvalue weighted by Gasteiger charge is -2.33. The molecule has 108 valence electrons. The smallest absolute Gasteiger partial charge is 0.224 e. The van der Waals surface area contributed by atoms with E-state index in [-0.39, 0.29) is 36.3 Å². The number of rotatable bonds is 4. The number of aromatic nitrogens is 2. The molecule has 0 bridgehead atoms. The number of nitrogens with two attached hydrogens (primary N) is 1. The van der Waals surface area contributed by atoms with E-state index in [0.29, 0.717) is 6.54 Å². The van der Waals surface area contributed by atoms with Gasteiger partial charge in [-0.1, -0.05) is 19.8 Å². The van der Waals surface area contributed by atoms with Crippen LogP contribution in [0.1, 0.15) is 38.6 Å². The summed E-state index contributed by atoms with van der Waals surface area (Å²) in [7, 11) is 0. The molecule has 1 amide bonds. The van der Waals surface area contributed by atoms with Crippen LogP contribution in [0.3, 0.4) is 0 Å². The molecule has 3 unspecified atom stereocenters. The lowest BCUT2D eigenvalue weighted by molar-refractivity contribution is -0.125. The third kappa shape index (κ3) is 3.94. The van der Waals surface area contributed by atoms with Gasteiger partial charge in [0, 0.05) is 24.9 Å². The summed E-state index contributed by atoms with van der Waals surface area (Å²) in [5.74, 6) is -0.0632. The molecule has 1 fully saturated rings. The Hall–Kier alpha value is -1.07.